The van der Waals surface area contributed by atoms with Gasteiger partial charge < -0.3 is 4.74 Å². The lowest BCUT2D eigenvalue weighted by Gasteiger charge is -2.33. The molecule has 1 rings (SSSR count). The maximum atomic E-state index is 11.4. The second-order valence-corrected chi connectivity index (χ2v) is 6.56. The van der Waals surface area contributed by atoms with E-state index in [0.29, 0.717) is 19.8 Å². The van der Waals surface area contributed by atoms with Crippen LogP contribution in [0.15, 0.2) is 0 Å². The number of ether oxygens (including phenoxy) is 1. The van der Waals surface area contributed by atoms with Crippen LogP contribution in [0.25, 0.3) is 0 Å². The number of hydrogen-bond donors (Lipinski definition) is 1. The van der Waals surface area contributed by atoms with E-state index in [1.54, 1.807) is 0 Å². The standard InChI is InChI=1S/C9H18ClNO3S/c1-9(2-5-14-6-3-9)8-11-15(12,13)7-4-10/h11H,2-8H2,1H3. The van der Waals surface area contributed by atoms with Crippen molar-refractivity contribution in [2.24, 2.45) is 5.41 Å². The Morgan fingerprint density at radius 2 is 2.00 bits per heavy atom. The Morgan fingerprint density at radius 3 is 2.53 bits per heavy atom. The number of rotatable bonds is 5. The maximum absolute atomic E-state index is 11.4. The molecular formula is C9H18ClNO3S. The fourth-order valence-corrected chi connectivity index (χ4v) is 3.02. The second kappa shape index (κ2) is 5.48. The van der Waals surface area contributed by atoms with Crippen molar-refractivity contribution in [1.82, 2.24) is 4.72 Å². The molecule has 6 heteroatoms. The Kier molecular flexibility index (Phi) is 4.83. The van der Waals surface area contributed by atoms with E-state index >= 15 is 0 Å². The fourth-order valence-electron chi connectivity index (χ4n) is 1.50. The van der Waals surface area contributed by atoms with Gasteiger partial charge in [-0.3, -0.25) is 0 Å². The van der Waals surface area contributed by atoms with Gasteiger partial charge in [-0.2, -0.15) is 0 Å². The number of alkyl halides is 1. The molecule has 0 spiro atoms. The SMILES string of the molecule is CC1(CNS(=O)(=O)CCCl)CCOCC1. The van der Waals surface area contributed by atoms with E-state index < -0.39 is 10.0 Å². The molecule has 4 nitrogen and oxygen atoms in total. The number of sulfonamides is 1. The van der Waals surface area contributed by atoms with E-state index in [2.05, 4.69) is 11.6 Å². The Morgan fingerprint density at radius 1 is 1.40 bits per heavy atom. The van der Waals surface area contributed by atoms with Gasteiger partial charge in [0, 0.05) is 25.6 Å². The van der Waals surface area contributed by atoms with Gasteiger partial charge in [0.25, 0.3) is 0 Å². The van der Waals surface area contributed by atoms with Crippen molar-refractivity contribution >= 4 is 21.6 Å². The topological polar surface area (TPSA) is 55.4 Å². The Hall–Kier alpha value is 0.160. The van der Waals surface area contributed by atoms with E-state index in [0.717, 1.165) is 12.8 Å². The largest absolute Gasteiger partial charge is 0.381 e. The van der Waals surface area contributed by atoms with Gasteiger partial charge in [0.2, 0.25) is 10.0 Å². The van der Waals surface area contributed by atoms with E-state index in [9.17, 15) is 8.42 Å². The van der Waals surface area contributed by atoms with E-state index in [4.69, 9.17) is 16.3 Å². The van der Waals surface area contributed by atoms with Gasteiger partial charge in [-0.05, 0) is 18.3 Å². The minimum atomic E-state index is -3.19. The average molecular weight is 256 g/mol. The van der Waals surface area contributed by atoms with Crippen molar-refractivity contribution < 1.29 is 13.2 Å². The molecule has 0 aliphatic carbocycles. The summed E-state index contributed by atoms with van der Waals surface area (Å²) in [4.78, 5) is 0. The van der Waals surface area contributed by atoms with Crippen molar-refractivity contribution in [2.75, 3.05) is 31.4 Å². The summed E-state index contributed by atoms with van der Waals surface area (Å²) in [6.07, 6.45) is 1.80. The molecule has 1 heterocycles. The van der Waals surface area contributed by atoms with Crippen LogP contribution in [0.4, 0.5) is 0 Å². The molecule has 0 amide bonds. The highest BCUT2D eigenvalue weighted by Gasteiger charge is 2.28. The average Bonchev–Trinajstić information content (AvgIpc) is 2.17. The predicted octanol–water partition coefficient (Wildman–Crippen LogP) is 0.961. The molecule has 1 saturated heterocycles. The lowest BCUT2D eigenvalue weighted by atomic mass is 9.83. The second-order valence-electron chi connectivity index (χ2n) is 4.25. The third kappa shape index (κ3) is 4.68. The highest BCUT2D eigenvalue weighted by atomic mass is 35.5. The van der Waals surface area contributed by atoms with Crippen LogP contribution in [0.3, 0.4) is 0 Å². The molecule has 90 valence electrons. The summed E-state index contributed by atoms with van der Waals surface area (Å²) < 4.78 is 30.6. The van der Waals surface area contributed by atoms with Crippen LogP contribution in [0, 0.1) is 5.41 Å². The van der Waals surface area contributed by atoms with Gasteiger partial charge in [0.05, 0.1) is 5.75 Å². The molecule has 1 fully saturated rings. The van der Waals surface area contributed by atoms with Crippen LogP contribution >= 0.6 is 11.6 Å². The quantitative estimate of drug-likeness (QED) is 0.745. The smallest absolute Gasteiger partial charge is 0.212 e. The highest BCUT2D eigenvalue weighted by Crippen LogP contribution is 2.28. The maximum Gasteiger partial charge on any atom is 0.212 e. The molecular weight excluding hydrogens is 238 g/mol. The van der Waals surface area contributed by atoms with Crippen LogP contribution in [0.2, 0.25) is 0 Å². The van der Waals surface area contributed by atoms with Crippen molar-refractivity contribution in [2.45, 2.75) is 19.8 Å². The summed E-state index contributed by atoms with van der Waals surface area (Å²) in [5.41, 5.74) is 0.0254. The van der Waals surface area contributed by atoms with Gasteiger partial charge in [0.1, 0.15) is 0 Å². The summed E-state index contributed by atoms with van der Waals surface area (Å²) in [7, 11) is -3.19. The number of hydrogen-bond acceptors (Lipinski definition) is 3. The van der Waals surface area contributed by atoms with Crippen molar-refractivity contribution in [3.63, 3.8) is 0 Å². The molecule has 1 aliphatic rings. The molecule has 0 aromatic carbocycles. The Balaban J connectivity index is 2.41. The molecule has 0 atom stereocenters. The number of nitrogens with one attached hydrogen (secondary N) is 1. The van der Waals surface area contributed by atoms with E-state index in [-0.39, 0.29) is 17.0 Å². The van der Waals surface area contributed by atoms with Gasteiger partial charge in [-0.15, -0.1) is 11.6 Å². The minimum Gasteiger partial charge on any atom is -0.381 e. The van der Waals surface area contributed by atoms with E-state index in [1.165, 1.54) is 0 Å². The molecule has 0 aromatic rings. The molecule has 15 heavy (non-hydrogen) atoms. The first kappa shape index (κ1) is 13.2. The van der Waals surface area contributed by atoms with E-state index in [1.807, 2.05) is 0 Å². The Bertz CT molecular complexity index is 286. The van der Waals surface area contributed by atoms with Crippen LogP contribution in [0.5, 0.6) is 0 Å². The molecule has 0 bridgehead atoms. The summed E-state index contributed by atoms with van der Waals surface area (Å²) >= 11 is 5.40. The van der Waals surface area contributed by atoms with Crippen molar-refractivity contribution in [1.29, 1.82) is 0 Å². The third-order valence-corrected chi connectivity index (χ3v) is 4.50. The molecule has 0 saturated carbocycles. The summed E-state index contributed by atoms with van der Waals surface area (Å²) in [6, 6.07) is 0. The summed E-state index contributed by atoms with van der Waals surface area (Å²) in [5.74, 6) is 0.121. The summed E-state index contributed by atoms with van der Waals surface area (Å²) in [6.45, 7) is 4.00. The molecule has 1 N–H and O–H groups in total. The zero-order chi connectivity index (χ0) is 11.4. The number of halogens is 1. The fraction of sp³-hybridized carbons (Fsp3) is 1.00. The molecule has 0 radical (unpaired) electrons. The van der Waals surface area contributed by atoms with Crippen molar-refractivity contribution in [3.05, 3.63) is 0 Å². The zero-order valence-corrected chi connectivity index (χ0v) is 10.5. The lowest BCUT2D eigenvalue weighted by Crippen LogP contribution is -2.40. The highest BCUT2D eigenvalue weighted by molar-refractivity contribution is 7.89. The van der Waals surface area contributed by atoms with Gasteiger partial charge in [-0.1, -0.05) is 6.92 Å². The lowest BCUT2D eigenvalue weighted by molar-refractivity contribution is 0.0265. The molecule has 1 aliphatic heterocycles. The van der Waals surface area contributed by atoms with Crippen LogP contribution < -0.4 is 4.72 Å². The van der Waals surface area contributed by atoms with Crippen molar-refractivity contribution in [3.8, 4) is 0 Å². The first-order valence-electron chi connectivity index (χ1n) is 5.08. The normalized spacial score (nSPS) is 21.5. The first-order valence-corrected chi connectivity index (χ1v) is 7.27. The molecule has 0 aromatic heterocycles. The zero-order valence-electron chi connectivity index (χ0n) is 8.96. The molecule has 0 unspecified atom stereocenters. The van der Waals surface area contributed by atoms with Gasteiger partial charge in [0.15, 0.2) is 0 Å². The van der Waals surface area contributed by atoms with Crippen LogP contribution in [-0.2, 0) is 14.8 Å². The van der Waals surface area contributed by atoms with Gasteiger partial charge in [-0.25, -0.2) is 13.1 Å². The van der Waals surface area contributed by atoms with Crippen LogP contribution in [-0.4, -0.2) is 39.8 Å². The van der Waals surface area contributed by atoms with Crippen LogP contribution in [0.1, 0.15) is 19.8 Å². The monoisotopic (exact) mass is 255 g/mol. The predicted molar refractivity (Wildman–Crippen MR) is 60.7 cm³/mol. The Labute approximate surface area is 96.4 Å². The summed E-state index contributed by atoms with van der Waals surface area (Å²) in [5, 5.41) is 0. The minimum absolute atomic E-state index is 0.0128. The first-order chi connectivity index (χ1) is 6.97. The van der Waals surface area contributed by atoms with Gasteiger partial charge >= 0.3 is 0 Å². The third-order valence-electron chi connectivity index (χ3n) is 2.76.